The van der Waals surface area contributed by atoms with Crippen molar-refractivity contribution in [1.82, 2.24) is 0 Å². The Kier molecular flexibility index (Phi) is 3.59. The van der Waals surface area contributed by atoms with Crippen molar-refractivity contribution in [1.29, 1.82) is 0 Å². The van der Waals surface area contributed by atoms with Crippen LogP contribution in [0.5, 0.6) is 0 Å². The van der Waals surface area contributed by atoms with E-state index in [1.165, 1.54) is 12.1 Å². The van der Waals surface area contributed by atoms with Crippen LogP contribution < -0.4 is 16.9 Å². The molecule has 76 valence electrons. The quantitative estimate of drug-likeness (QED) is 0.443. The van der Waals surface area contributed by atoms with E-state index < -0.39 is 19.0 Å². The van der Waals surface area contributed by atoms with Crippen LogP contribution in [0.3, 0.4) is 0 Å². The summed E-state index contributed by atoms with van der Waals surface area (Å²) in [7, 11) is -1.67. The van der Waals surface area contributed by atoms with Crippen LogP contribution in [0, 0.1) is 5.82 Å². The van der Waals surface area contributed by atoms with Crippen LogP contribution in [-0.2, 0) is 0 Å². The van der Waals surface area contributed by atoms with Gasteiger partial charge in [0.05, 0.1) is 0 Å². The predicted molar refractivity (Wildman–Crippen MR) is 52.2 cm³/mol. The lowest BCUT2D eigenvalue weighted by Gasteiger charge is -2.11. The zero-order valence-corrected chi connectivity index (χ0v) is 7.52. The Morgan fingerprint density at radius 2 is 2.07 bits per heavy atom. The summed E-state index contributed by atoms with van der Waals surface area (Å²) in [5.41, 5.74) is 11.2. The van der Waals surface area contributed by atoms with E-state index in [1.807, 2.05) is 0 Å². The molecule has 0 radical (unpaired) electrons. The van der Waals surface area contributed by atoms with E-state index in [2.05, 4.69) is 0 Å². The summed E-state index contributed by atoms with van der Waals surface area (Å²) in [6, 6.07) is 3.27. The van der Waals surface area contributed by atoms with Crippen LogP contribution >= 0.6 is 0 Å². The molecule has 0 saturated carbocycles. The number of rotatable bonds is 3. The highest BCUT2D eigenvalue weighted by Crippen LogP contribution is 2.12. The molecule has 0 aliphatic carbocycles. The number of halogens is 1. The summed E-state index contributed by atoms with van der Waals surface area (Å²) >= 11 is 0. The van der Waals surface area contributed by atoms with Gasteiger partial charge in [-0.3, -0.25) is 0 Å². The van der Waals surface area contributed by atoms with Crippen LogP contribution in [-0.4, -0.2) is 23.7 Å². The zero-order chi connectivity index (χ0) is 10.7. The largest absolute Gasteiger partial charge is 0.488 e. The van der Waals surface area contributed by atoms with Gasteiger partial charge in [0.25, 0.3) is 0 Å². The second-order valence-electron chi connectivity index (χ2n) is 3.00. The second-order valence-corrected chi connectivity index (χ2v) is 3.00. The number of benzene rings is 1. The highest BCUT2D eigenvalue weighted by atomic mass is 19.1. The van der Waals surface area contributed by atoms with E-state index in [9.17, 15) is 4.39 Å². The van der Waals surface area contributed by atoms with Crippen LogP contribution in [0.1, 0.15) is 11.6 Å². The summed E-state index contributed by atoms with van der Waals surface area (Å²) in [4.78, 5) is 0. The number of hydrogen-bond donors (Lipinski definition) is 4. The monoisotopic (exact) mass is 198 g/mol. The molecule has 6 N–H and O–H groups in total. The average Bonchev–Trinajstić information content (AvgIpc) is 2.16. The normalized spacial score (nSPS) is 12.6. The third-order valence-electron chi connectivity index (χ3n) is 1.98. The molecule has 0 saturated heterocycles. The minimum atomic E-state index is -1.67. The topological polar surface area (TPSA) is 92.5 Å². The molecule has 0 bridgehead atoms. The van der Waals surface area contributed by atoms with Crippen molar-refractivity contribution in [2.24, 2.45) is 11.5 Å². The third-order valence-corrected chi connectivity index (χ3v) is 1.98. The number of nitrogens with two attached hydrogens (primary N) is 2. The SMILES string of the molecule is NC[C@@H](N)c1ccc(B(O)O)cc1F. The molecule has 1 rings (SSSR count). The molecule has 1 aromatic rings. The first kappa shape index (κ1) is 11.1. The molecule has 6 heteroatoms. The van der Waals surface area contributed by atoms with Gasteiger partial charge in [-0.2, -0.15) is 0 Å². The molecule has 0 aromatic heterocycles. The second kappa shape index (κ2) is 4.52. The van der Waals surface area contributed by atoms with Gasteiger partial charge in [0.15, 0.2) is 0 Å². The molecular formula is C8H12BFN2O2. The Labute approximate surface area is 81.5 Å². The molecule has 14 heavy (non-hydrogen) atoms. The summed E-state index contributed by atoms with van der Waals surface area (Å²) in [5.74, 6) is -0.575. The molecule has 1 atom stereocenters. The van der Waals surface area contributed by atoms with E-state index in [4.69, 9.17) is 21.5 Å². The van der Waals surface area contributed by atoms with Crippen molar-refractivity contribution in [3.05, 3.63) is 29.6 Å². The van der Waals surface area contributed by atoms with Gasteiger partial charge in [0.1, 0.15) is 5.82 Å². The van der Waals surface area contributed by atoms with Crippen molar-refractivity contribution >= 4 is 12.6 Å². The van der Waals surface area contributed by atoms with Crippen LogP contribution in [0.2, 0.25) is 0 Å². The summed E-state index contributed by atoms with van der Waals surface area (Å²) in [6.45, 7) is 0.137. The third kappa shape index (κ3) is 2.30. The molecule has 0 aliphatic rings. The van der Waals surface area contributed by atoms with Crippen LogP contribution in [0.4, 0.5) is 4.39 Å². The van der Waals surface area contributed by atoms with Crippen LogP contribution in [0.15, 0.2) is 18.2 Å². The first-order valence-electron chi connectivity index (χ1n) is 4.17. The smallest absolute Gasteiger partial charge is 0.423 e. The van der Waals surface area contributed by atoms with Gasteiger partial charge in [0.2, 0.25) is 0 Å². The Bertz CT molecular complexity index is 322. The van der Waals surface area contributed by atoms with E-state index in [1.54, 1.807) is 0 Å². The molecule has 0 aliphatic heterocycles. The van der Waals surface area contributed by atoms with Gasteiger partial charge in [-0.05, 0) is 11.5 Å². The van der Waals surface area contributed by atoms with Gasteiger partial charge in [-0.25, -0.2) is 4.39 Å². The first-order valence-corrected chi connectivity index (χ1v) is 4.17. The molecule has 0 amide bonds. The van der Waals surface area contributed by atoms with Crippen LogP contribution in [0.25, 0.3) is 0 Å². The lowest BCUT2D eigenvalue weighted by atomic mass is 9.79. The Morgan fingerprint density at radius 1 is 1.43 bits per heavy atom. The first-order chi connectivity index (χ1) is 6.56. The van der Waals surface area contributed by atoms with Gasteiger partial charge in [0, 0.05) is 18.2 Å². The summed E-state index contributed by atoms with van der Waals surface area (Å²) < 4.78 is 13.3. The minimum absolute atomic E-state index is 0.0930. The van der Waals surface area contributed by atoms with Crippen molar-refractivity contribution < 1.29 is 14.4 Å². The lowest BCUT2D eigenvalue weighted by molar-refractivity contribution is 0.425. The predicted octanol–water partition coefficient (Wildman–Crippen LogP) is -1.54. The maximum Gasteiger partial charge on any atom is 0.488 e. The fourth-order valence-electron chi connectivity index (χ4n) is 1.13. The van der Waals surface area contributed by atoms with E-state index in [0.29, 0.717) is 0 Å². The maximum atomic E-state index is 13.3. The minimum Gasteiger partial charge on any atom is -0.423 e. The fraction of sp³-hybridized carbons (Fsp3) is 0.250. The molecule has 0 spiro atoms. The maximum absolute atomic E-state index is 13.3. The molecule has 1 aromatic carbocycles. The lowest BCUT2D eigenvalue weighted by Crippen LogP contribution is -2.31. The van der Waals surface area contributed by atoms with Gasteiger partial charge in [-0.15, -0.1) is 0 Å². The zero-order valence-electron chi connectivity index (χ0n) is 7.52. The number of hydrogen-bond acceptors (Lipinski definition) is 4. The molecule has 0 unspecified atom stereocenters. The van der Waals surface area contributed by atoms with Crippen molar-refractivity contribution in [3.8, 4) is 0 Å². The Hall–Kier alpha value is -0.945. The van der Waals surface area contributed by atoms with Crippen molar-refractivity contribution in [3.63, 3.8) is 0 Å². The standard InChI is InChI=1S/C8H12BFN2O2/c10-7-3-5(9(13)14)1-2-6(7)8(12)4-11/h1-3,8,13-14H,4,11-12H2/t8-/m1/s1. The molecular weight excluding hydrogens is 186 g/mol. The van der Waals surface area contributed by atoms with Gasteiger partial charge in [-0.1, -0.05) is 12.1 Å². The van der Waals surface area contributed by atoms with E-state index in [-0.39, 0.29) is 17.6 Å². The highest BCUT2D eigenvalue weighted by Gasteiger charge is 2.15. The summed E-state index contributed by atoms with van der Waals surface area (Å²) in [5, 5.41) is 17.5. The average molecular weight is 198 g/mol. The molecule has 4 nitrogen and oxygen atoms in total. The van der Waals surface area contributed by atoms with Gasteiger partial charge >= 0.3 is 7.12 Å². The highest BCUT2D eigenvalue weighted by molar-refractivity contribution is 6.58. The summed E-state index contributed by atoms with van der Waals surface area (Å²) in [6.07, 6.45) is 0. The van der Waals surface area contributed by atoms with E-state index >= 15 is 0 Å². The Balaban J connectivity index is 3.01. The van der Waals surface area contributed by atoms with Crippen molar-refractivity contribution in [2.75, 3.05) is 6.54 Å². The fourth-order valence-corrected chi connectivity index (χ4v) is 1.13. The molecule has 0 fully saturated rings. The Morgan fingerprint density at radius 3 is 2.50 bits per heavy atom. The van der Waals surface area contributed by atoms with E-state index in [0.717, 1.165) is 6.07 Å². The molecule has 0 heterocycles. The van der Waals surface area contributed by atoms with Crippen molar-refractivity contribution in [2.45, 2.75) is 6.04 Å². The van der Waals surface area contributed by atoms with Gasteiger partial charge < -0.3 is 21.5 Å².